The van der Waals surface area contributed by atoms with Crippen LogP contribution in [-0.2, 0) is 10.3 Å². The predicted octanol–water partition coefficient (Wildman–Crippen LogP) is 3.96. The molecule has 1 amide bonds. The smallest absolute Gasteiger partial charge is 0.239 e. The maximum atomic E-state index is 13.1. The molecule has 1 saturated heterocycles. The largest absolute Gasteiger partial charge is 0.346 e. The second kappa shape index (κ2) is 6.83. The number of likely N-dealkylation sites (N-methyl/N-ethyl adjacent to an activating group) is 1. The lowest BCUT2D eigenvalue weighted by molar-refractivity contribution is -0.131. The maximum absolute atomic E-state index is 13.1. The van der Waals surface area contributed by atoms with Gasteiger partial charge in [0.2, 0.25) is 5.91 Å². The molecular formula is C20H23BrN4O. The van der Waals surface area contributed by atoms with E-state index in [4.69, 9.17) is 5.41 Å². The number of rotatable bonds is 3. The van der Waals surface area contributed by atoms with Crippen LogP contribution in [0.4, 0.5) is 0 Å². The van der Waals surface area contributed by atoms with Gasteiger partial charge in [0.25, 0.3) is 0 Å². The molecule has 136 valence electrons. The van der Waals surface area contributed by atoms with Crippen molar-refractivity contribution < 1.29 is 4.79 Å². The molecule has 0 saturated carbocycles. The molecule has 0 bridgehead atoms. The number of pyridine rings is 1. The van der Waals surface area contributed by atoms with Crippen molar-refractivity contribution >= 4 is 27.8 Å². The van der Waals surface area contributed by atoms with E-state index in [1.807, 2.05) is 31.2 Å². The molecular weight excluding hydrogens is 392 g/mol. The van der Waals surface area contributed by atoms with Crippen LogP contribution < -0.4 is 5.32 Å². The second-order valence-electron chi connectivity index (χ2n) is 7.19. The number of halogens is 1. The van der Waals surface area contributed by atoms with Crippen molar-refractivity contribution in [3.8, 4) is 0 Å². The first-order valence-electron chi connectivity index (χ1n) is 8.60. The average Bonchev–Trinajstić information content (AvgIpc) is 2.60. The van der Waals surface area contributed by atoms with Crippen molar-refractivity contribution in [1.29, 1.82) is 5.41 Å². The first-order chi connectivity index (χ1) is 12.2. The molecule has 0 radical (unpaired) electrons. The Labute approximate surface area is 162 Å². The zero-order valence-corrected chi connectivity index (χ0v) is 17.0. The van der Waals surface area contributed by atoms with E-state index in [0.29, 0.717) is 10.5 Å². The fraction of sp³-hybridized carbons (Fsp3) is 0.350. The minimum atomic E-state index is -0.745. The molecule has 2 aromatic rings. The van der Waals surface area contributed by atoms with Crippen LogP contribution in [0.15, 0.2) is 47.2 Å². The Kier molecular flexibility index (Phi) is 4.88. The monoisotopic (exact) mass is 414 g/mol. The van der Waals surface area contributed by atoms with Gasteiger partial charge in [-0.3, -0.25) is 15.1 Å². The van der Waals surface area contributed by atoms with Crippen LogP contribution in [0.1, 0.15) is 49.3 Å². The van der Waals surface area contributed by atoms with Gasteiger partial charge in [-0.15, -0.1) is 0 Å². The Morgan fingerprint density at radius 1 is 1.27 bits per heavy atom. The summed E-state index contributed by atoms with van der Waals surface area (Å²) in [5, 5.41) is 11.4. The summed E-state index contributed by atoms with van der Waals surface area (Å²) in [6, 6.07) is 12.0. The minimum absolute atomic E-state index is 0.0959. The number of carbonyl (C=O) groups excluding carboxylic acids is 1. The van der Waals surface area contributed by atoms with Crippen molar-refractivity contribution in [2.75, 3.05) is 7.05 Å². The first-order valence-corrected chi connectivity index (χ1v) is 9.39. The Bertz CT molecular complexity index is 849. The molecule has 1 aromatic carbocycles. The highest BCUT2D eigenvalue weighted by Crippen LogP contribution is 2.41. The van der Waals surface area contributed by atoms with Gasteiger partial charge in [-0.05, 0) is 57.6 Å². The maximum Gasteiger partial charge on any atom is 0.239 e. The molecule has 2 heterocycles. The van der Waals surface area contributed by atoms with Gasteiger partial charge in [0.1, 0.15) is 4.60 Å². The number of amides is 1. The zero-order chi connectivity index (χ0) is 19.1. The summed E-state index contributed by atoms with van der Waals surface area (Å²) in [4.78, 5) is 18.7. The number of nitrogens with one attached hydrogen (secondary N) is 2. The predicted molar refractivity (Wildman–Crippen MR) is 106 cm³/mol. The van der Waals surface area contributed by atoms with Gasteiger partial charge in [-0.25, -0.2) is 4.98 Å². The molecule has 2 atom stereocenters. The minimum Gasteiger partial charge on any atom is -0.346 e. The van der Waals surface area contributed by atoms with E-state index >= 15 is 0 Å². The van der Waals surface area contributed by atoms with Gasteiger partial charge in [0.15, 0.2) is 5.96 Å². The van der Waals surface area contributed by atoms with E-state index < -0.39 is 11.5 Å². The fourth-order valence-corrected chi connectivity index (χ4v) is 3.83. The molecule has 2 N–H and O–H groups in total. The van der Waals surface area contributed by atoms with E-state index in [-0.39, 0.29) is 11.9 Å². The third-order valence-electron chi connectivity index (χ3n) is 5.13. The Balaban J connectivity index is 2.13. The van der Waals surface area contributed by atoms with E-state index in [9.17, 15) is 4.79 Å². The molecule has 0 spiro atoms. The van der Waals surface area contributed by atoms with Crippen LogP contribution >= 0.6 is 15.9 Å². The number of aromatic nitrogens is 1. The molecule has 0 unspecified atom stereocenters. The summed E-state index contributed by atoms with van der Waals surface area (Å²) >= 11 is 3.41. The van der Waals surface area contributed by atoms with E-state index in [1.165, 1.54) is 10.5 Å². The van der Waals surface area contributed by atoms with Crippen LogP contribution in [0, 0.1) is 5.41 Å². The van der Waals surface area contributed by atoms with Crippen LogP contribution in [0.25, 0.3) is 0 Å². The standard InChI is InChI=1S/C20H23BrN4O/c1-12(2)13-5-7-14(8-6-13)17-18(26)25(4)19(22)24-20(17,3)15-9-10-23-16(21)11-15/h5-12,17H,1-4H3,(H2,22,24)/t17-,20+/m0/s1. The van der Waals surface area contributed by atoms with Crippen LogP contribution in [0.5, 0.6) is 0 Å². The van der Waals surface area contributed by atoms with Gasteiger partial charge < -0.3 is 5.32 Å². The van der Waals surface area contributed by atoms with Gasteiger partial charge >= 0.3 is 0 Å². The lowest BCUT2D eigenvalue weighted by Crippen LogP contribution is -2.62. The summed E-state index contributed by atoms with van der Waals surface area (Å²) in [7, 11) is 1.63. The van der Waals surface area contributed by atoms with Crippen molar-refractivity contribution in [2.24, 2.45) is 0 Å². The van der Waals surface area contributed by atoms with Gasteiger partial charge in [0.05, 0.1) is 11.5 Å². The SMILES string of the molecule is CC(C)c1ccc([C@H]2C(=O)N(C)C(=N)N[C@]2(C)c2ccnc(Br)c2)cc1. The van der Waals surface area contributed by atoms with E-state index in [1.54, 1.807) is 13.2 Å². The van der Waals surface area contributed by atoms with Gasteiger partial charge in [-0.1, -0.05) is 38.1 Å². The highest BCUT2D eigenvalue weighted by molar-refractivity contribution is 9.10. The lowest BCUT2D eigenvalue weighted by Gasteiger charge is -2.46. The van der Waals surface area contributed by atoms with Crippen molar-refractivity contribution in [2.45, 2.75) is 38.1 Å². The van der Waals surface area contributed by atoms with Gasteiger partial charge in [-0.2, -0.15) is 0 Å². The van der Waals surface area contributed by atoms with Crippen LogP contribution in [-0.4, -0.2) is 28.8 Å². The van der Waals surface area contributed by atoms with E-state index in [2.05, 4.69) is 52.2 Å². The summed E-state index contributed by atoms with van der Waals surface area (Å²) in [5.41, 5.74) is 2.33. The van der Waals surface area contributed by atoms with Crippen molar-refractivity contribution in [3.05, 3.63) is 63.9 Å². The highest BCUT2D eigenvalue weighted by Gasteiger charge is 2.48. The zero-order valence-electron chi connectivity index (χ0n) is 15.4. The number of guanidine groups is 1. The molecule has 3 rings (SSSR count). The molecule has 5 nitrogen and oxygen atoms in total. The topological polar surface area (TPSA) is 69.1 Å². The normalized spacial score (nSPS) is 23.3. The molecule has 6 heteroatoms. The molecule has 0 aliphatic carbocycles. The average molecular weight is 415 g/mol. The van der Waals surface area contributed by atoms with Crippen molar-refractivity contribution in [3.63, 3.8) is 0 Å². The third-order valence-corrected chi connectivity index (χ3v) is 5.56. The number of hydrogen-bond donors (Lipinski definition) is 2. The molecule has 1 fully saturated rings. The molecule has 1 aliphatic rings. The highest BCUT2D eigenvalue weighted by atomic mass is 79.9. The third kappa shape index (κ3) is 3.14. The molecule has 1 aromatic heterocycles. The molecule has 1 aliphatic heterocycles. The molecule has 26 heavy (non-hydrogen) atoms. The fourth-order valence-electron chi connectivity index (χ4n) is 3.47. The number of nitrogens with zero attached hydrogens (tertiary/aromatic N) is 2. The van der Waals surface area contributed by atoms with Crippen LogP contribution in [0.2, 0.25) is 0 Å². The quantitative estimate of drug-likeness (QED) is 0.746. The summed E-state index contributed by atoms with van der Waals surface area (Å²) in [6.45, 7) is 6.27. The lowest BCUT2D eigenvalue weighted by atomic mass is 9.73. The Hall–Kier alpha value is -2.21. The number of hydrogen-bond acceptors (Lipinski definition) is 3. The first kappa shape index (κ1) is 18.6. The Morgan fingerprint density at radius 2 is 1.92 bits per heavy atom. The second-order valence-corrected chi connectivity index (χ2v) is 8.01. The Morgan fingerprint density at radius 3 is 2.50 bits per heavy atom. The van der Waals surface area contributed by atoms with Gasteiger partial charge in [0, 0.05) is 13.2 Å². The number of carbonyl (C=O) groups is 1. The van der Waals surface area contributed by atoms with Crippen LogP contribution in [0.3, 0.4) is 0 Å². The summed E-state index contributed by atoms with van der Waals surface area (Å²) in [5.74, 6) is -0.0123. The number of benzene rings is 1. The summed E-state index contributed by atoms with van der Waals surface area (Å²) in [6.07, 6.45) is 1.71. The van der Waals surface area contributed by atoms with E-state index in [0.717, 1.165) is 11.1 Å². The summed E-state index contributed by atoms with van der Waals surface area (Å²) < 4.78 is 0.699. The van der Waals surface area contributed by atoms with Crippen molar-refractivity contribution in [1.82, 2.24) is 15.2 Å².